The molecule has 6 heteroatoms. The van der Waals surface area contributed by atoms with E-state index < -0.39 is 0 Å². The van der Waals surface area contributed by atoms with Crippen LogP contribution in [0.3, 0.4) is 0 Å². The van der Waals surface area contributed by atoms with E-state index >= 15 is 0 Å². The summed E-state index contributed by atoms with van der Waals surface area (Å²) in [5, 5.41) is 13.9. The molecule has 0 radical (unpaired) electrons. The molecule has 0 aliphatic carbocycles. The zero-order chi connectivity index (χ0) is 18.8. The number of nitrogens with one attached hydrogen (secondary N) is 1. The summed E-state index contributed by atoms with van der Waals surface area (Å²) < 4.78 is 6.27. The molecular weight excluding hydrogens is 338 g/mol. The second-order valence-corrected chi connectivity index (χ2v) is 7.67. The van der Waals surface area contributed by atoms with Crippen molar-refractivity contribution in [2.75, 3.05) is 44.2 Å². The van der Waals surface area contributed by atoms with Gasteiger partial charge in [-0.2, -0.15) is 5.26 Å². The molecule has 2 aromatic rings. The van der Waals surface area contributed by atoms with Gasteiger partial charge in [0, 0.05) is 62.6 Å². The van der Waals surface area contributed by atoms with Gasteiger partial charge in [-0.15, -0.1) is 0 Å². The first-order valence-corrected chi connectivity index (χ1v) is 9.78. The molecule has 27 heavy (non-hydrogen) atoms. The number of fused-ring (bicyclic) bond motifs is 1. The summed E-state index contributed by atoms with van der Waals surface area (Å²) >= 11 is 0. The average molecular weight is 365 g/mol. The molecule has 0 bridgehead atoms. The number of anilines is 1. The highest BCUT2D eigenvalue weighted by Crippen LogP contribution is 2.30. The van der Waals surface area contributed by atoms with Crippen molar-refractivity contribution in [2.45, 2.75) is 32.1 Å². The van der Waals surface area contributed by atoms with Crippen LogP contribution in [0.25, 0.3) is 10.9 Å². The van der Waals surface area contributed by atoms with E-state index in [1.807, 2.05) is 12.1 Å². The number of benzene rings is 1. The fourth-order valence-electron chi connectivity index (χ4n) is 4.28. The Labute approximate surface area is 160 Å². The summed E-state index contributed by atoms with van der Waals surface area (Å²) in [5.74, 6) is 0. The molecule has 0 unspecified atom stereocenters. The van der Waals surface area contributed by atoms with Gasteiger partial charge >= 0.3 is 0 Å². The fraction of sp³-hybridized carbons (Fsp3) is 0.524. The van der Waals surface area contributed by atoms with Crippen molar-refractivity contribution in [3.8, 4) is 6.07 Å². The Morgan fingerprint density at radius 2 is 2.19 bits per heavy atom. The Balaban J connectivity index is 1.58. The maximum absolute atomic E-state index is 9.39. The lowest BCUT2D eigenvalue weighted by atomic mass is 10.1. The van der Waals surface area contributed by atoms with Gasteiger partial charge in [-0.05, 0) is 38.1 Å². The number of nitriles is 1. The Hall–Kier alpha value is -2.20. The van der Waals surface area contributed by atoms with Crippen molar-refractivity contribution in [1.82, 2.24) is 15.2 Å². The number of hydrogen-bond donors (Lipinski definition) is 1. The van der Waals surface area contributed by atoms with Gasteiger partial charge in [0.15, 0.2) is 0 Å². The SMILES string of the molecule is C[C@@H]1CN(c2ccc(C#N)c3ncccc23)C[C@@H](CN2CCNC[C@@H]2C)O1. The van der Waals surface area contributed by atoms with Crippen molar-refractivity contribution >= 4 is 16.6 Å². The predicted octanol–water partition coefficient (Wildman–Crippen LogP) is 1.99. The van der Waals surface area contributed by atoms with Crippen LogP contribution >= 0.6 is 0 Å². The maximum atomic E-state index is 9.39. The van der Waals surface area contributed by atoms with Gasteiger partial charge in [0.2, 0.25) is 0 Å². The van der Waals surface area contributed by atoms with Crippen molar-refractivity contribution in [3.05, 3.63) is 36.0 Å². The van der Waals surface area contributed by atoms with E-state index in [0.717, 1.165) is 55.9 Å². The smallest absolute Gasteiger partial charge is 0.101 e. The van der Waals surface area contributed by atoms with Crippen LogP contribution in [0.1, 0.15) is 19.4 Å². The number of rotatable bonds is 3. The highest BCUT2D eigenvalue weighted by atomic mass is 16.5. The first kappa shape index (κ1) is 18.2. The molecule has 1 N–H and O–H groups in total. The third-order valence-electron chi connectivity index (χ3n) is 5.61. The highest BCUT2D eigenvalue weighted by molar-refractivity contribution is 5.95. The van der Waals surface area contributed by atoms with Gasteiger partial charge in [0.25, 0.3) is 0 Å². The van der Waals surface area contributed by atoms with Crippen LogP contribution in [0, 0.1) is 11.3 Å². The van der Waals surface area contributed by atoms with E-state index in [4.69, 9.17) is 4.74 Å². The molecule has 142 valence electrons. The van der Waals surface area contributed by atoms with E-state index in [2.05, 4.69) is 52.2 Å². The number of piperazine rings is 1. The molecule has 1 aromatic carbocycles. The number of pyridine rings is 1. The normalized spacial score (nSPS) is 26.9. The highest BCUT2D eigenvalue weighted by Gasteiger charge is 2.30. The molecule has 6 nitrogen and oxygen atoms in total. The summed E-state index contributed by atoms with van der Waals surface area (Å²) in [6.45, 7) is 10.2. The summed E-state index contributed by atoms with van der Waals surface area (Å²) in [5.41, 5.74) is 2.55. The fourth-order valence-corrected chi connectivity index (χ4v) is 4.28. The molecule has 0 saturated carbocycles. The second-order valence-electron chi connectivity index (χ2n) is 7.67. The topological polar surface area (TPSA) is 64.4 Å². The molecule has 2 aliphatic rings. The molecule has 3 atom stereocenters. The van der Waals surface area contributed by atoms with E-state index in [9.17, 15) is 5.26 Å². The number of nitrogens with zero attached hydrogens (tertiary/aromatic N) is 4. The maximum Gasteiger partial charge on any atom is 0.101 e. The first-order valence-electron chi connectivity index (χ1n) is 9.78. The lowest BCUT2D eigenvalue weighted by Gasteiger charge is -2.42. The molecule has 1 aromatic heterocycles. The molecule has 2 fully saturated rings. The van der Waals surface area contributed by atoms with Gasteiger partial charge in [0.1, 0.15) is 6.07 Å². The zero-order valence-corrected chi connectivity index (χ0v) is 16.1. The van der Waals surface area contributed by atoms with Crippen molar-refractivity contribution in [1.29, 1.82) is 5.26 Å². The number of morpholine rings is 1. The second kappa shape index (κ2) is 7.81. The summed E-state index contributed by atoms with van der Waals surface area (Å²) in [6, 6.07) is 10.7. The molecule has 2 aliphatic heterocycles. The van der Waals surface area contributed by atoms with Crippen LogP contribution in [0.2, 0.25) is 0 Å². The van der Waals surface area contributed by atoms with Gasteiger partial charge in [-0.25, -0.2) is 0 Å². The summed E-state index contributed by atoms with van der Waals surface area (Å²) in [4.78, 5) is 9.38. The van der Waals surface area contributed by atoms with Gasteiger partial charge in [0.05, 0.1) is 23.3 Å². The number of ether oxygens (including phenoxy) is 1. The minimum absolute atomic E-state index is 0.171. The van der Waals surface area contributed by atoms with E-state index in [1.54, 1.807) is 6.20 Å². The average Bonchev–Trinajstić information content (AvgIpc) is 2.68. The Bertz CT molecular complexity index is 848. The molecule has 0 spiro atoms. The monoisotopic (exact) mass is 365 g/mol. The van der Waals surface area contributed by atoms with E-state index in [1.165, 1.54) is 0 Å². The Kier molecular flexibility index (Phi) is 5.26. The van der Waals surface area contributed by atoms with Crippen molar-refractivity contribution in [3.63, 3.8) is 0 Å². The van der Waals surface area contributed by atoms with Crippen LogP contribution in [-0.4, -0.2) is 67.4 Å². The van der Waals surface area contributed by atoms with Crippen molar-refractivity contribution in [2.24, 2.45) is 0 Å². The van der Waals surface area contributed by atoms with Crippen LogP contribution in [0.5, 0.6) is 0 Å². The van der Waals surface area contributed by atoms with E-state index in [-0.39, 0.29) is 12.2 Å². The third kappa shape index (κ3) is 3.77. The summed E-state index contributed by atoms with van der Waals surface area (Å²) in [6.07, 6.45) is 2.10. The van der Waals surface area contributed by atoms with Crippen LogP contribution in [0.15, 0.2) is 30.5 Å². The quantitative estimate of drug-likeness (QED) is 0.898. The van der Waals surface area contributed by atoms with Crippen LogP contribution in [-0.2, 0) is 4.74 Å². The lowest BCUT2D eigenvalue weighted by Crippen LogP contribution is -2.56. The molecule has 0 amide bonds. The van der Waals surface area contributed by atoms with Gasteiger partial charge < -0.3 is 15.0 Å². The zero-order valence-electron chi connectivity index (χ0n) is 16.1. The molecular formula is C21H27N5O. The Morgan fingerprint density at radius 1 is 1.30 bits per heavy atom. The third-order valence-corrected chi connectivity index (χ3v) is 5.61. The summed E-state index contributed by atoms with van der Waals surface area (Å²) in [7, 11) is 0. The minimum atomic E-state index is 0.171. The van der Waals surface area contributed by atoms with Crippen LogP contribution < -0.4 is 10.2 Å². The number of hydrogen-bond acceptors (Lipinski definition) is 6. The van der Waals surface area contributed by atoms with Gasteiger partial charge in [-0.1, -0.05) is 0 Å². The van der Waals surface area contributed by atoms with Gasteiger partial charge in [-0.3, -0.25) is 9.88 Å². The molecule has 2 saturated heterocycles. The predicted molar refractivity (Wildman–Crippen MR) is 107 cm³/mol. The molecule has 3 heterocycles. The standard InChI is InChI=1S/C21H27N5O/c1-15-11-23-8-9-25(15)13-18-14-26(12-16(2)27-18)20-6-5-17(10-22)21-19(20)4-3-7-24-21/h3-7,15-16,18,23H,8-9,11-14H2,1-2H3/t15-,16+,18+/m0/s1. The van der Waals surface area contributed by atoms with E-state index in [0.29, 0.717) is 11.6 Å². The number of aromatic nitrogens is 1. The molecule has 4 rings (SSSR count). The largest absolute Gasteiger partial charge is 0.370 e. The minimum Gasteiger partial charge on any atom is -0.370 e. The van der Waals surface area contributed by atoms with Crippen molar-refractivity contribution < 1.29 is 4.74 Å². The Morgan fingerprint density at radius 3 is 3.00 bits per heavy atom. The lowest BCUT2D eigenvalue weighted by molar-refractivity contribution is -0.0393. The first-order chi connectivity index (χ1) is 13.2. The van der Waals surface area contributed by atoms with Crippen LogP contribution in [0.4, 0.5) is 5.69 Å².